The van der Waals surface area contributed by atoms with Gasteiger partial charge in [0.15, 0.2) is 0 Å². The van der Waals surface area contributed by atoms with Crippen molar-refractivity contribution in [2.45, 2.75) is 20.3 Å². The number of amides is 2. The van der Waals surface area contributed by atoms with Crippen LogP contribution in [0.5, 0.6) is 5.75 Å². The first-order valence-electron chi connectivity index (χ1n) is 8.73. The molecule has 0 saturated carbocycles. The molecule has 0 saturated heterocycles. The highest BCUT2D eigenvalue weighted by Gasteiger charge is 2.15. The number of aryl methyl sites for hydroxylation is 1. The molecule has 28 heavy (non-hydrogen) atoms. The van der Waals surface area contributed by atoms with Crippen molar-refractivity contribution < 1.29 is 18.7 Å². The number of benzene rings is 2. The lowest BCUT2D eigenvalue weighted by Gasteiger charge is -2.06. The van der Waals surface area contributed by atoms with Crippen LogP contribution in [0, 0.1) is 6.92 Å². The molecule has 1 aromatic heterocycles. The zero-order valence-corrected chi connectivity index (χ0v) is 15.9. The van der Waals surface area contributed by atoms with Crippen LogP contribution in [0.25, 0.3) is 11.5 Å². The molecule has 0 aliphatic rings. The van der Waals surface area contributed by atoms with Gasteiger partial charge in [0, 0.05) is 23.9 Å². The van der Waals surface area contributed by atoms with Gasteiger partial charge in [-0.2, -0.15) is 0 Å². The molecule has 0 unspecified atom stereocenters. The zero-order valence-electron chi connectivity index (χ0n) is 15.9. The van der Waals surface area contributed by atoms with Gasteiger partial charge in [-0.05, 0) is 55.5 Å². The fourth-order valence-electron chi connectivity index (χ4n) is 2.65. The van der Waals surface area contributed by atoms with Crippen molar-refractivity contribution in [2.24, 2.45) is 0 Å². The van der Waals surface area contributed by atoms with Crippen LogP contribution in [-0.4, -0.2) is 23.9 Å². The minimum Gasteiger partial charge on any atom is -0.497 e. The molecule has 2 amide bonds. The Morgan fingerprint density at radius 3 is 2.18 bits per heavy atom. The number of ether oxygens (including phenoxy) is 1. The fraction of sp³-hybridized carbons (Fsp3) is 0.190. The van der Waals surface area contributed by atoms with E-state index in [1.54, 1.807) is 38.3 Å². The lowest BCUT2D eigenvalue weighted by Crippen LogP contribution is -2.15. The Morgan fingerprint density at radius 1 is 1.00 bits per heavy atom. The molecule has 0 aliphatic carbocycles. The Morgan fingerprint density at radius 2 is 1.61 bits per heavy atom. The monoisotopic (exact) mass is 379 g/mol. The number of nitrogens with zero attached hydrogens (tertiary/aromatic N) is 1. The average Bonchev–Trinajstić information content (AvgIpc) is 3.03. The van der Waals surface area contributed by atoms with Crippen LogP contribution >= 0.6 is 0 Å². The SMILES string of the molecule is COc1ccc(-c2nc(CC(=O)Nc3ccc(NC(C)=O)cc3)c(C)o2)cc1. The molecule has 0 atom stereocenters. The number of aromatic nitrogens is 1. The van der Waals surface area contributed by atoms with Crippen molar-refractivity contribution in [1.29, 1.82) is 0 Å². The predicted octanol–water partition coefficient (Wildman–Crippen LogP) is 3.80. The second-order valence-electron chi connectivity index (χ2n) is 6.23. The van der Waals surface area contributed by atoms with Gasteiger partial charge in [-0.3, -0.25) is 9.59 Å². The summed E-state index contributed by atoms with van der Waals surface area (Å²) < 4.78 is 10.9. The molecule has 3 aromatic rings. The minimum absolute atomic E-state index is 0.0962. The number of rotatable bonds is 6. The molecule has 7 heteroatoms. The maximum absolute atomic E-state index is 12.3. The lowest BCUT2D eigenvalue weighted by atomic mass is 10.2. The van der Waals surface area contributed by atoms with Crippen LogP contribution in [0.15, 0.2) is 52.9 Å². The van der Waals surface area contributed by atoms with Gasteiger partial charge in [-0.15, -0.1) is 0 Å². The smallest absolute Gasteiger partial charge is 0.230 e. The second-order valence-corrected chi connectivity index (χ2v) is 6.23. The molecule has 0 spiro atoms. The number of carbonyl (C=O) groups excluding carboxylic acids is 2. The lowest BCUT2D eigenvalue weighted by molar-refractivity contribution is -0.116. The molecule has 0 fully saturated rings. The third-order valence-electron chi connectivity index (χ3n) is 4.05. The van der Waals surface area contributed by atoms with E-state index in [0.29, 0.717) is 28.7 Å². The summed E-state index contributed by atoms with van der Waals surface area (Å²) in [7, 11) is 1.61. The predicted molar refractivity (Wildman–Crippen MR) is 106 cm³/mol. The number of nitrogens with one attached hydrogen (secondary N) is 2. The van der Waals surface area contributed by atoms with Gasteiger partial charge >= 0.3 is 0 Å². The maximum Gasteiger partial charge on any atom is 0.230 e. The van der Waals surface area contributed by atoms with E-state index in [4.69, 9.17) is 9.15 Å². The first-order valence-corrected chi connectivity index (χ1v) is 8.73. The van der Waals surface area contributed by atoms with E-state index >= 15 is 0 Å². The van der Waals surface area contributed by atoms with E-state index < -0.39 is 0 Å². The number of hydrogen-bond acceptors (Lipinski definition) is 5. The number of methoxy groups -OCH3 is 1. The van der Waals surface area contributed by atoms with E-state index in [9.17, 15) is 9.59 Å². The summed E-state index contributed by atoms with van der Waals surface area (Å²) >= 11 is 0. The summed E-state index contributed by atoms with van der Waals surface area (Å²) in [4.78, 5) is 27.8. The largest absolute Gasteiger partial charge is 0.497 e. The normalized spacial score (nSPS) is 10.4. The number of anilines is 2. The Bertz CT molecular complexity index is 976. The molecule has 144 valence electrons. The molecule has 0 radical (unpaired) electrons. The maximum atomic E-state index is 12.3. The standard InChI is InChI=1S/C21H21N3O4/c1-13-19(24-21(28-13)15-4-10-18(27-3)11-5-15)12-20(26)23-17-8-6-16(7-9-17)22-14(2)25/h4-11H,12H2,1-3H3,(H,22,25)(H,23,26). The Labute approximate surface area is 162 Å². The highest BCUT2D eigenvalue weighted by atomic mass is 16.5. The Balaban J connectivity index is 1.65. The molecule has 2 aromatic carbocycles. The first kappa shape index (κ1) is 19.2. The highest BCUT2D eigenvalue weighted by molar-refractivity contribution is 5.93. The highest BCUT2D eigenvalue weighted by Crippen LogP contribution is 2.24. The minimum atomic E-state index is -0.204. The third kappa shape index (κ3) is 4.76. The summed E-state index contributed by atoms with van der Waals surface area (Å²) in [5.74, 6) is 1.46. The Hall–Kier alpha value is -3.61. The van der Waals surface area contributed by atoms with Crippen molar-refractivity contribution in [3.63, 3.8) is 0 Å². The molecule has 0 aliphatic heterocycles. The molecule has 0 bridgehead atoms. The van der Waals surface area contributed by atoms with Crippen LogP contribution in [0.2, 0.25) is 0 Å². The van der Waals surface area contributed by atoms with Gasteiger partial charge in [-0.1, -0.05) is 0 Å². The van der Waals surface area contributed by atoms with Gasteiger partial charge < -0.3 is 19.8 Å². The van der Waals surface area contributed by atoms with E-state index in [0.717, 1.165) is 11.3 Å². The average molecular weight is 379 g/mol. The summed E-state index contributed by atoms with van der Waals surface area (Å²) in [5.41, 5.74) is 2.69. The van der Waals surface area contributed by atoms with E-state index in [1.807, 2.05) is 24.3 Å². The van der Waals surface area contributed by atoms with Crippen molar-refractivity contribution in [3.05, 3.63) is 60.0 Å². The van der Waals surface area contributed by atoms with Crippen molar-refractivity contribution in [3.8, 4) is 17.2 Å². The number of carbonyl (C=O) groups is 2. The van der Waals surface area contributed by atoms with Gasteiger partial charge in [0.25, 0.3) is 0 Å². The molecular formula is C21H21N3O4. The summed E-state index contributed by atoms with van der Waals surface area (Å²) in [6.07, 6.45) is 0.0962. The van der Waals surface area contributed by atoms with Crippen molar-refractivity contribution in [2.75, 3.05) is 17.7 Å². The van der Waals surface area contributed by atoms with Gasteiger partial charge in [0.05, 0.1) is 19.2 Å². The third-order valence-corrected chi connectivity index (χ3v) is 4.05. The van der Waals surface area contributed by atoms with Crippen LogP contribution in [-0.2, 0) is 16.0 Å². The molecule has 3 rings (SSSR count). The van der Waals surface area contributed by atoms with Gasteiger partial charge in [-0.25, -0.2) is 4.98 Å². The molecule has 7 nitrogen and oxygen atoms in total. The zero-order chi connectivity index (χ0) is 20.1. The number of oxazole rings is 1. The van der Waals surface area contributed by atoms with Crippen LogP contribution in [0.1, 0.15) is 18.4 Å². The van der Waals surface area contributed by atoms with Gasteiger partial charge in [0.1, 0.15) is 11.5 Å². The van der Waals surface area contributed by atoms with E-state index in [2.05, 4.69) is 15.6 Å². The van der Waals surface area contributed by atoms with Crippen molar-refractivity contribution in [1.82, 2.24) is 4.98 Å². The van der Waals surface area contributed by atoms with Crippen molar-refractivity contribution >= 4 is 23.2 Å². The van der Waals surface area contributed by atoms with Crippen LogP contribution < -0.4 is 15.4 Å². The quantitative estimate of drug-likeness (QED) is 0.679. The molecule has 2 N–H and O–H groups in total. The fourth-order valence-corrected chi connectivity index (χ4v) is 2.65. The van der Waals surface area contributed by atoms with Crippen LogP contribution in [0.3, 0.4) is 0 Å². The van der Waals surface area contributed by atoms with E-state index in [-0.39, 0.29) is 18.2 Å². The summed E-state index contributed by atoms with van der Waals surface area (Å²) in [6, 6.07) is 14.2. The van der Waals surface area contributed by atoms with Crippen LogP contribution in [0.4, 0.5) is 11.4 Å². The molecular weight excluding hydrogens is 358 g/mol. The second kappa shape index (κ2) is 8.39. The topological polar surface area (TPSA) is 93.5 Å². The molecule has 1 heterocycles. The Kier molecular flexibility index (Phi) is 5.74. The first-order chi connectivity index (χ1) is 13.4. The van der Waals surface area contributed by atoms with E-state index in [1.165, 1.54) is 6.92 Å². The summed E-state index contributed by atoms with van der Waals surface area (Å²) in [5, 5.41) is 5.49. The summed E-state index contributed by atoms with van der Waals surface area (Å²) in [6.45, 7) is 3.22. The number of hydrogen-bond donors (Lipinski definition) is 2. The van der Waals surface area contributed by atoms with Gasteiger partial charge in [0.2, 0.25) is 17.7 Å².